The molecule has 0 saturated carbocycles. The Morgan fingerprint density at radius 1 is 0.344 bits per heavy atom. The molecule has 0 bridgehead atoms. The zero-order chi connectivity index (χ0) is 41.1. The maximum absolute atomic E-state index is 2.63. The van der Waals surface area contributed by atoms with E-state index in [0.29, 0.717) is 0 Å². The van der Waals surface area contributed by atoms with Crippen molar-refractivity contribution in [2.75, 3.05) is 4.90 Å². The van der Waals surface area contributed by atoms with E-state index in [1.54, 1.807) is 0 Å². The first-order valence-corrected chi connectivity index (χ1v) is 21.7. The molecule has 0 saturated heterocycles. The third-order valence-corrected chi connectivity index (χ3v) is 13.8. The van der Waals surface area contributed by atoms with E-state index in [1.165, 1.54) is 115 Å². The van der Waals surface area contributed by atoms with Crippen LogP contribution in [0.1, 0.15) is 52.7 Å². The molecule has 0 unspecified atom stereocenters. The molecule has 0 radical (unpaired) electrons. The molecule has 61 heavy (non-hydrogen) atoms. The molecular weight excluding hydrogens is 739 g/mol. The lowest BCUT2D eigenvalue weighted by atomic mass is 9.85. The van der Waals surface area contributed by atoms with Crippen molar-refractivity contribution in [1.29, 1.82) is 0 Å². The number of anilines is 3. The lowest BCUT2D eigenvalue weighted by Gasteiger charge is -2.29. The minimum Gasteiger partial charge on any atom is -0.308 e. The van der Waals surface area contributed by atoms with E-state index < -0.39 is 0 Å². The number of para-hydroxylation sites is 2. The first-order valence-electron chi connectivity index (χ1n) is 21.7. The highest BCUT2D eigenvalue weighted by atomic mass is 15.2. The summed E-state index contributed by atoms with van der Waals surface area (Å²) in [6.07, 6.45) is 0. The first-order chi connectivity index (χ1) is 29.6. The van der Waals surface area contributed by atoms with Gasteiger partial charge in [0.05, 0.1) is 38.8 Å². The summed E-state index contributed by atoms with van der Waals surface area (Å²) in [5.41, 5.74) is 13.6. The first kappa shape index (κ1) is 34.7. The lowest BCUT2D eigenvalue weighted by molar-refractivity contribution is 0.591. The van der Waals surface area contributed by atoms with Crippen LogP contribution in [0, 0.1) is 0 Å². The Balaban J connectivity index is 1.31. The second kappa shape index (κ2) is 11.8. The summed E-state index contributed by atoms with van der Waals surface area (Å²) in [6.45, 7) is 14.1. The molecule has 13 aromatic rings. The van der Waals surface area contributed by atoms with Gasteiger partial charge in [-0.05, 0) is 105 Å². The molecular formula is C58H45N3. The molecule has 9 aromatic carbocycles. The normalized spacial score (nSPS) is 13.1. The van der Waals surface area contributed by atoms with Crippen molar-refractivity contribution in [3.63, 3.8) is 0 Å². The van der Waals surface area contributed by atoms with Gasteiger partial charge in [0.2, 0.25) is 0 Å². The van der Waals surface area contributed by atoms with E-state index in [2.05, 4.69) is 219 Å². The Morgan fingerprint density at radius 3 is 1.52 bits per heavy atom. The van der Waals surface area contributed by atoms with Crippen molar-refractivity contribution in [1.82, 2.24) is 8.80 Å². The van der Waals surface area contributed by atoms with Gasteiger partial charge in [-0.2, -0.15) is 0 Å². The van der Waals surface area contributed by atoms with Crippen LogP contribution in [0.5, 0.6) is 0 Å². The summed E-state index contributed by atoms with van der Waals surface area (Å²) in [6, 6.07) is 61.7. The van der Waals surface area contributed by atoms with Gasteiger partial charge in [-0.15, -0.1) is 0 Å². The minimum absolute atomic E-state index is 0.0388. The number of benzene rings is 9. The van der Waals surface area contributed by atoms with Crippen LogP contribution in [0.25, 0.3) is 97.7 Å². The predicted molar refractivity (Wildman–Crippen MR) is 263 cm³/mol. The fourth-order valence-electron chi connectivity index (χ4n) is 10.9. The van der Waals surface area contributed by atoms with E-state index in [1.807, 2.05) is 0 Å². The van der Waals surface area contributed by atoms with Crippen LogP contribution in [0.3, 0.4) is 0 Å². The van der Waals surface area contributed by atoms with E-state index in [4.69, 9.17) is 0 Å². The second-order valence-corrected chi connectivity index (χ2v) is 19.4. The molecule has 3 heteroatoms. The molecule has 0 fully saturated rings. The average molecular weight is 784 g/mol. The molecule has 0 atom stereocenters. The zero-order valence-corrected chi connectivity index (χ0v) is 35.4. The third kappa shape index (κ3) is 4.58. The van der Waals surface area contributed by atoms with Crippen molar-refractivity contribution >= 4 is 115 Å². The van der Waals surface area contributed by atoms with Crippen molar-refractivity contribution in [3.05, 3.63) is 175 Å². The Morgan fingerprint density at radius 2 is 0.852 bits per heavy atom. The van der Waals surface area contributed by atoms with Gasteiger partial charge in [0, 0.05) is 59.9 Å². The Kier molecular flexibility index (Phi) is 6.72. The van der Waals surface area contributed by atoms with E-state index >= 15 is 0 Å². The van der Waals surface area contributed by atoms with Crippen LogP contribution >= 0.6 is 0 Å². The smallest absolute Gasteiger partial charge is 0.0783 e. The summed E-state index contributed by atoms with van der Waals surface area (Å²) < 4.78 is 5.24. The van der Waals surface area contributed by atoms with E-state index in [0.717, 1.165) is 11.4 Å². The van der Waals surface area contributed by atoms with E-state index in [-0.39, 0.29) is 10.8 Å². The molecule has 0 aliphatic heterocycles. The van der Waals surface area contributed by atoms with Gasteiger partial charge in [0.15, 0.2) is 0 Å². The van der Waals surface area contributed by atoms with Crippen LogP contribution in [0.4, 0.5) is 17.1 Å². The lowest BCUT2D eigenvalue weighted by Crippen LogP contribution is -2.15. The van der Waals surface area contributed by atoms with Crippen molar-refractivity contribution in [3.8, 4) is 0 Å². The van der Waals surface area contributed by atoms with Gasteiger partial charge >= 0.3 is 0 Å². The fourth-order valence-corrected chi connectivity index (χ4v) is 10.9. The highest BCUT2D eigenvalue weighted by molar-refractivity contribution is 6.40. The second-order valence-electron chi connectivity index (χ2n) is 19.4. The molecule has 0 amide bonds. The number of rotatable bonds is 3. The van der Waals surface area contributed by atoms with Gasteiger partial charge in [-0.25, -0.2) is 0 Å². The summed E-state index contributed by atoms with van der Waals surface area (Å²) in [7, 11) is 0. The van der Waals surface area contributed by atoms with Gasteiger partial charge < -0.3 is 13.7 Å². The standard InChI is InChI=1S/C58H45N3/c1-57(2,3)36-30-44-42-26-25-34-17-13-16-24-41(34)53(42)60-47-27-28-48-52(50(47)46(32-36)54(44)60)51-40-23-15-14-18-35(40)29-43-45-31-37(58(4,5)6)33-49(55(45)61(48)56(43)51)59(38-19-9-7-10-20-38)39-21-11-8-12-22-39/h7-33H,1-6H3. The van der Waals surface area contributed by atoms with Crippen LogP contribution in [-0.2, 0) is 10.8 Å². The molecule has 4 aromatic heterocycles. The topological polar surface area (TPSA) is 12.1 Å². The fraction of sp³-hybridized carbons (Fsp3) is 0.138. The summed E-state index contributed by atoms with van der Waals surface area (Å²) in [4.78, 5) is 2.48. The third-order valence-electron chi connectivity index (χ3n) is 13.8. The summed E-state index contributed by atoms with van der Waals surface area (Å²) in [5.74, 6) is 0. The zero-order valence-electron chi connectivity index (χ0n) is 35.4. The van der Waals surface area contributed by atoms with Crippen molar-refractivity contribution in [2.45, 2.75) is 52.4 Å². The predicted octanol–water partition coefficient (Wildman–Crippen LogP) is 16.4. The molecule has 4 heterocycles. The van der Waals surface area contributed by atoms with Gasteiger partial charge in [0.1, 0.15) is 0 Å². The van der Waals surface area contributed by atoms with Gasteiger partial charge in [-0.3, -0.25) is 0 Å². The van der Waals surface area contributed by atoms with Crippen LogP contribution < -0.4 is 4.90 Å². The van der Waals surface area contributed by atoms with Gasteiger partial charge in [0.25, 0.3) is 0 Å². The highest BCUT2D eigenvalue weighted by Gasteiger charge is 2.30. The monoisotopic (exact) mass is 783 g/mol. The summed E-state index contributed by atoms with van der Waals surface area (Å²) >= 11 is 0. The van der Waals surface area contributed by atoms with Crippen LogP contribution in [-0.4, -0.2) is 8.80 Å². The molecule has 3 nitrogen and oxygen atoms in total. The number of hydrogen-bond donors (Lipinski definition) is 0. The molecule has 0 aliphatic rings. The highest BCUT2D eigenvalue weighted by Crippen LogP contribution is 2.53. The molecule has 0 N–H and O–H groups in total. The minimum atomic E-state index is -0.0806. The molecule has 0 spiro atoms. The van der Waals surface area contributed by atoms with Crippen LogP contribution in [0.2, 0.25) is 0 Å². The largest absolute Gasteiger partial charge is 0.308 e. The Labute approximate surface area is 354 Å². The summed E-state index contributed by atoms with van der Waals surface area (Å²) in [5, 5.41) is 15.7. The van der Waals surface area contributed by atoms with Crippen molar-refractivity contribution in [2.24, 2.45) is 0 Å². The Bertz CT molecular complexity index is 3890. The number of hydrogen-bond acceptors (Lipinski definition) is 1. The Hall–Kier alpha value is -7.10. The molecule has 0 aliphatic carbocycles. The van der Waals surface area contributed by atoms with E-state index in [9.17, 15) is 0 Å². The maximum atomic E-state index is 2.63. The number of aromatic nitrogens is 2. The van der Waals surface area contributed by atoms with Crippen molar-refractivity contribution < 1.29 is 0 Å². The quantitative estimate of drug-likeness (QED) is 0.174. The SMILES string of the molecule is CC(C)(C)c1cc(N(c2ccccc2)c2ccccc2)c2c(c1)c1cc3ccccc3c3c4c5c6cc(C(C)(C)C)cc7c8ccc9ccccc9c8n(c5ccc4n2c13)c76. The average Bonchev–Trinajstić information content (AvgIpc) is 3.99. The van der Waals surface area contributed by atoms with Gasteiger partial charge in [-0.1, -0.05) is 139 Å². The molecule has 292 valence electrons. The molecule has 13 rings (SSSR count). The van der Waals surface area contributed by atoms with Crippen LogP contribution in [0.15, 0.2) is 164 Å². The maximum Gasteiger partial charge on any atom is 0.0783 e. The number of fused-ring (bicyclic) bond motifs is 17. The number of nitrogens with zero attached hydrogens (tertiary/aromatic N) is 3.